The van der Waals surface area contributed by atoms with E-state index in [0.29, 0.717) is 0 Å². The number of hydrogen-bond acceptors (Lipinski definition) is 7. The van der Waals surface area contributed by atoms with Gasteiger partial charge in [-0.25, -0.2) is 23.1 Å². The number of hydrogen-bond donors (Lipinski definition) is 1. The molecule has 11 heteroatoms. The van der Waals surface area contributed by atoms with Crippen LogP contribution in [-0.4, -0.2) is 28.3 Å². The van der Waals surface area contributed by atoms with E-state index in [2.05, 4.69) is 19.7 Å². The van der Waals surface area contributed by atoms with E-state index in [-0.39, 0.29) is 16.0 Å². The van der Waals surface area contributed by atoms with Crippen molar-refractivity contribution in [2.24, 2.45) is 0 Å². The molecule has 2 rings (SSSR count). The Balaban J connectivity index is 2.28. The van der Waals surface area contributed by atoms with Crippen molar-refractivity contribution < 1.29 is 13.3 Å². The van der Waals surface area contributed by atoms with Crippen LogP contribution in [-0.2, 0) is 10.0 Å². The third kappa shape index (κ3) is 3.16. The highest BCUT2D eigenvalue weighted by Gasteiger charge is 2.19. The van der Waals surface area contributed by atoms with Crippen LogP contribution in [0.3, 0.4) is 0 Å². The molecule has 0 aliphatic rings. The molecular weight excluding hydrogens is 310 g/mol. The van der Waals surface area contributed by atoms with Gasteiger partial charge in [0.2, 0.25) is 5.95 Å². The summed E-state index contributed by atoms with van der Waals surface area (Å²) >= 11 is 5.60. The van der Waals surface area contributed by atoms with Gasteiger partial charge in [-0.1, -0.05) is 11.6 Å². The Kier molecular flexibility index (Phi) is 3.77. The van der Waals surface area contributed by atoms with Crippen LogP contribution in [0.1, 0.15) is 0 Å². The summed E-state index contributed by atoms with van der Waals surface area (Å²) in [6.07, 6.45) is 2.15. The molecule has 20 heavy (non-hydrogen) atoms. The van der Waals surface area contributed by atoms with Crippen molar-refractivity contribution in [2.75, 3.05) is 4.72 Å². The average Bonchev–Trinajstić information content (AvgIpc) is 2.38. The molecule has 2 heterocycles. The van der Waals surface area contributed by atoms with Crippen molar-refractivity contribution >= 4 is 33.4 Å². The fourth-order valence-electron chi connectivity index (χ4n) is 1.20. The number of rotatable bonds is 4. The molecule has 2 aromatic rings. The number of halogens is 1. The lowest BCUT2D eigenvalue weighted by Crippen LogP contribution is -2.15. The van der Waals surface area contributed by atoms with Gasteiger partial charge in [0.25, 0.3) is 10.0 Å². The third-order valence-corrected chi connectivity index (χ3v) is 3.59. The van der Waals surface area contributed by atoms with E-state index in [0.717, 1.165) is 18.3 Å². The summed E-state index contributed by atoms with van der Waals surface area (Å²) in [5.41, 5.74) is 0. The molecule has 0 fully saturated rings. The van der Waals surface area contributed by atoms with Crippen LogP contribution < -0.4 is 4.72 Å². The average molecular weight is 316 g/mol. The number of sulfonamides is 1. The maximum absolute atomic E-state index is 11.9. The zero-order chi connectivity index (χ0) is 14.8. The van der Waals surface area contributed by atoms with E-state index < -0.39 is 20.8 Å². The van der Waals surface area contributed by atoms with Crippen LogP contribution >= 0.6 is 11.6 Å². The first-order valence-corrected chi connectivity index (χ1v) is 6.86. The molecule has 0 amide bonds. The second-order valence-electron chi connectivity index (χ2n) is 3.42. The summed E-state index contributed by atoms with van der Waals surface area (Å²) < 4.78 is 26.0. The van der Waals surface area contributed by atoms with Gasteiger partial charge in [-0.05, 0) is 22.0 Å². The quantitative estimate of drug-likeness (QED) is 0.510. The van der Waals surface area contributed by atoms with E-state index in [1.165, 1.54) is 12.3 Å². The van der Waals surface area contributed by atoms with Crippen molar-refractivity contribution in [2.45, 2.75) is 4.90 Å². The standard InChI is InChI=1S/C9H6ClN5O4S/c10-7-3-4-11-9(13-7)14-20(18,19)6-1-2-8(12-5-6)15(16)17/h1-5H,(H,11,13,14). The fraction of sp³-hybridized carbons (Fsp3) is 0. The molecule has 9 nitrogen and oxygen atoms in total. The van der Waals surface area contributed by atoms with Crippen LogP contribution in [0, 0.1) is 10.1 Å². The molecule has 0 spiro atoms. The normalized spacial score (nSPS) is 11.1. The number of anilines is 1. The monoisotopic (exact) mass is 315 g/mol. The summed E-state index contributed by atoms with van der Waals surface area (Å²) in [7, 11) is -3.99. The molecule has 104 valence electrons. The van der Waals surface area contributed by atoms with Gasteiger partial charge in [-0.3, -0.25) is 0 Å². The van der Waals surface area contributed by atoms with Gasteiger partial charge in [-0.15, -0.1) is 0 Å². The summed E-state index contributed by atoms with van der Waals surface area (Å²) in [6, 6.07) is 3.41. The molecule has 0 saturated heterocycles. The minimum atomic E-state index is -3.99. The van der Waals surface area contributed by atoms with Crippen molar-refractivity contribution in [1.29, 1.82) is 0 Å². The molecule has 0 unspecified atom stereocenters. The first kappa shape index (κ1) is 14.1. The van der Waals surface area contributed by atoms with Crippen molar-refractivity contribution in [3.05, 3.63) is 45.9 Å². The van der Waals surface area contributed by atoms with Crippen molar-refractivity contribution in [3.63, 3.8) is 0 Å². The summed E-state index contributed by atoms with van der Waals surface area (Å²) in [5.74, 6) is -0.668. The largest absolute Gasteiger partial charge is 0.363 e. The Labute approximate surface area is 117 Å². The van der Waals surface area contributed by atoms with Crippen molar-refractivity contribution in [3.8, 4) is 0 Å². The van der Waals surface area contributed by atoms with Gasteiger partial charge in [0.05, 0.1) is 0 Å². The second kappa shape index (κ2) is 5.35. The van der Waals surface area contributed by atoms with Gasteiger partial charge in [0.1, 0.15) is 10.0 Å². The van der Waals surface area contributed by atoms with Crippen LogP contribution in [0.25, 0.3) is 0 Å². The lowest BCUT2D eigenvalue weighted by Gasteiger charge is -2.04. The Bertz CT molecular complexity index is 749. The maximum Gasteiger partial charge on any atom is 0.363 e. The zero-order valence-corrected chi connectivity index (χ0v) is 11.2. The van der Waals surface area contributed by atoms with Gasteiger partial charge >= 0.3 is 5.82 Å². The highest BCUT2D eigenvalue weighted by molar-refractivity contribution is 7.92. The number of pyridine rings is 1. The van der Waals surface area contributed by atoms with Crippen LogP contribution in [0.5, 0.6) is 0 Å². The molecule has 0 aliphatic carbocycles. The topological polar surface area (TPSA) is 128 Å². The molecule has 0 saturated carbocycles. The predicted octanol–water partition coefficient (Wildman–Crippen LogP) is 1.23. The van der Waals surface area contributed by atoms with Crippen molar-refractivity contribution in [1.82, 2.24) is 15.0 Å². The number of aromatic nitrogens is 3. The summed E-state index contributed by atoms with van der Waals surface area (Å²) in [4.78, 5) is 20.2. The Hall–Kier alpha value is -2.33. The fourth-order valence-corrected chi connectivity index (χ4v) is 2.24. The van der Waals surface area contributed by atoms with E-state index in [4.69, 9.17) is 11.6 Å². The summed E-state index contributed by atoms with van der Waals surface area (Å²) in [6.45, 7) is 0. The van der Waals surface area contributed by atoms with E-state index in [9.17, 15) is 18.5 Å². The van der Waals surface area contributed by atoms with Crippen LogP contribution in [0.2, 0.25) is 5.15 Å². The molecule has 0 bridgehead atoms. The molecule has 0 radical (unpaired) electrons. The predicted molar refractivity (Wildman–Crippen MR) is 68.7 cm³/mol. The molecular formula is C9H6ClN5O4S. The lowest BCUT2D eigenvalue weighted by molar-refractivity contribution is -0.389. The van der Waals surface area contributed by atoms with Crippen LogP contribution in [0.15, 0.2) is 35.5 Å². The first-order valence-electron chi connectivity index (χ1n) is 5.00. The third-order valence-electron chi connectivity index (χ3n) is 2.07. The minimum Gasteiger partial charge on any atom is -0.358 e. The Morgan fingerprint density at radius 2 is 2.00 bits per heavy atom. The molecule has 2 aromatic heterocycles. The van der Waals surface area contributed by atoms with E-state index in [1.54, 1.807) is 0 Å². The second-order valence-corrected chi connectivity index (χ2v) is 5.49. The lowest BCUT2D eigenvalue weighted by atomic mass is 10.5. The zero-order valence-electron chi connectivity index (χ0n) is 9.59. The minimum absolute atomic E-state index is 0.0690. The number of nitrogens with one attached hydrogen (secondary N) is 1. The smallest absolute Gasteiger partial charge is 0.358 e. The first-order chi connectivity index (χ1) is 9.38. The van der Waals surface area contributed by atoms with Gasteiger partial charge in [0, 0.05) is 12.3 Å². The highest BCUT2D eigenvalue weighted by atomic mass is 35.5. The highest BCUT2D eigenvalue weighted by Crippen LogP contribution is 2.15. The summed E-state index contributed by atoms with van der Waals surface area (Å²) in [5, 5.41) is 10.5. The molecule has 1 N–H and O–H groups in total. The van der Waals surface area contributed by atoms with Gasteiger partial charge in [0.15, 0.2) is 6.20 Å². The van der Waals surface area contributed by atoms with Crippen LogP contribution in [0.4, 0.5) is 11.8 Å². The number of nitro groups is 1. The van der Waals surface area contributed by atoms with Gasteiger partial charge in [-0.2, -0.15) is 0 Å². The van der Waals surface area contributed by atoms with Gasteiger partial charge < -0.3 is 10.1 Å². The molecule has 0 atom stereocenters. The molecule has 0 aliphatic heterocycles. The Morgan fingerprint density at radius 1 is 1.25 bits per heavy atom. The maximum atomic E-state index is 11.9. The number of nitrogens with zero attached hydrogens (tertiary/aromatic N) is 4. The SMILES string of the molecule is O=[N+]([O-])c1ccc(S(=O)(=O)Nc2nccc(Cl)n2)cn1. The van der Waals surface area contributed by atoms with E-state index >= 15 is 0 Å². The Morgan fingerprint density at radius 3 is 2.55 bits per heavy atom. The van der Waals surface area contributed by atoms with E-state index in [1.807, 2.05) is 0 Å². The molecule has 0 aromatic carbocycles.